The second-order valence-corrected chi connectivity index (χ2v) is 7.21. The third-order valence-electron chi connectivity index (χ3n) is 3.82. The van der Waals surface area contributed by atoms with Gasteiger partial charge in [-0.05, 0) is 35.4 Å². The first-order valence-corrected chi connectivity index (χ1v) is 9.07. The topological polar surface area (TPSA) is 12.0 Å². The van der Waals surface area contributed by atoms with Crippen molar-refractivity contribution in [1.29, 1.82) is 0 Å². The molecule has 0 saturated heterocycles. The number of benzene rings is 3. The summed E-state index contributed by atoms with van der Waals surface area (Å²) >= 11 is 0. The maximum Gasteiger partial charge on any atom is 0.150 e. The summed E-state index contributed by atoms with van der Waals surface area (Å²) < 4.78 is 0. The normalized spacial score (nSPS) is 15.4. The molecule has 0 unspecified atom stereocenters. The van der Waals surface area contributed by atoms with E-state index in [1.807, 2.05) is 0 Å². The summed E-state index contributed by atoms with van der Waals surface area (Å²) in [4.78, 5) is 0. The summed E-state index contributed by atoms with van der Waals surface area (Å²) in [6.07, 6.45) is 0. The van der Waals surface area contributed by atoms with Gasteiger partial charge in [0, 0.05) is 6.66 Å². The molecule has 0 fully saturated rings. The summed E-state index contributed by atoms with van der Waals surface area (Å²) in [5, 5.41) is 8.24. The van der Waals surface area contributed by atoms with E-state index in [-0.39, 0.29) is 7.57 Å². The van der Waals surface area contributed by atoms with Crippen LogP contribution in [-0.2, 0) is 0 Å². The highest BCUT2D eigenvalue weighted by Gasteiger charge is 2.24. The fourth-order valence-electron chi connectivity index (χ4n) is 2.71. The molecule has 0 saturated carbocycles. The zero-order chi connectivity index (χ0) is 15.6. The summed E-state index contributed by atoms with van der Waals surface area (Å²) in [7, 11) is -0.878. The van der Waals surface area contributed by atoms with Crippen molar-refractivity contribution < 1.29 is 0 Å². The SMILES string of the molecule is [BH3-][P@+](C)(N[C@@H](C)c1cccc2ccccc12)c1ccccc1. The van der Waals surface area contributed by atoms with Gasteiger partial charge in [0.25, 0.3) is 0 Å². The molecular formula is C19H23BNP. The molecule has 112 valence electrons. The number of hydrogen-bond acceptors (Lipinski definition) is 1. The monoisotopic (exact) mass is 307 g/mol. The van der Waals surface area contributed by atoms with Gasteiger partial charge in [-0.1, -0.05) is 68.0 Å². The number of hydrogen-bond donors (Lipinski definition) is 1. The Kier molecular flexibility index (Phi) is 4.33. The Morgan fingerprint density at radius 3 is 2.27 bits per heavy atom. The highest BCUT2D eigenvalue weighted by molar-refractivity contribution is 8.01. The standard InChI is InChI=1S/C19H23BNP/c1-15(21-22(2,20)17-11-4-3-5-12-17)18-14-8-10-16-9-6-7-13-19(16)18/h3-15,21H,1-2,20H3/t15-,22+/m0/s1. The molecule has 3 aromatic carbocycles. The molecule has 22 heavy (non-hydrogen) atoms. The second kappa shape index (κ2) is 6.24. The third kappa shape index (κ3) is 3.09. The highest BCUT2D eigenvalue weighted by atomic mass is 31.2. The second-order valence-electron chi connectivity index (χ2n) is 5.31. The first-order chi connectivity index (χ1) is 10.6. The molecule has 0 spiro atoms. The van der Waals surface area contributed by atoms with Gasteiger partial charge in [0.2, 0.25) is 0 Å². The van der Waals surface area contributed by atoms with Crippen LogP contribution in [0.4, 0.5) is 0 Å². The van der Waals surface area contributed by atoms with Gasteiger partial charge >= 0.3 is 0 Å². The van der Waals surface area contributed by atoms with E-state index >= 15 is 0 Å². The lowest BCUT2D eigenvalue weighted by molar-refractivity contribution is 0.752. The zero-order valence-electron chi connectivity index (χ0n) is 12.5. The van der Waals surface area contributed by atoms with Crippen LogP contribution in [0.15, 0.2) is 72.8 Å². The van der Waals surface area contributed by atoms with Crippen LogP contribution in [0.2, 0.25) is 0 Å². The fraction of sp³-hybridized carbons (Fsp3) is 0.158. The molecule has 0 bridgehead atoms. The van der Waals surface area contributed by atoms with Gasteiger partial charge in [-0.25, -0.2) is 5.09 Å². The molecule has 2 atom stereocenters. The lowest BCUT2D eigenvalue weighted by Crippen LogP contribution is -2.27. The van der Waals surface area contributed by atoms with Gasteiger partial charge in [0.05, 0.1) is 11.3 Å². The Morgan fingerprint density at radius 1 is 0.864 bits per heavy atom. The molecule has 0 amide bonds. The first-order valence-electron chi connectivity index (χ1n) is 7.28. The zero-order valence-corrected chi connectivity index (χ0v) is 13.3. The van der Waals surface area contributed by atoms with E-state index in [1.54, 1.807) is 0 Å². The fourth-order valence-corrected chi connectivity index (χ4v) is 4.20. The molecule has 3 heteroatoms. The molecular weight excluding hydrogens is 284 g/mol. The van der Waals surface area contributed by atoms with E-state index in [9.17, 15) is 0 Å². The smallest absolute Gasteiger partial charge is 0.150 e. The molecule has 1 nitrogen and oxygen atoms in total. The summed E-state index contributed by atoms with van der Waals surface area (Å²) in [5.41, 5.74) is 1.42. The van der Waals surface area contributed by atoms with Crippen LogP contribution in [0.1, 0.15) is 18.5 Å². The summed E-state index contributed by atoms with van der Waals surface area (Å²) in [6.45, 7) is 4.77. The molecule has 1 N–H and O–H groups in total. The van der Waals surface area contributed by atoms with E-state index in [4.69, 9.17) is 0 Å². The number of nitrogens with one attached hydrogen (secondary N) is 1. The van der Waals surface area contributed by atoms with Crippen LogP contribution in [-0.4, -0.2) is 14.2 Å². The van der Waals surface area contributed by atoms with Crippen molar-refractivity contribution in [2.75, 3.05) is 6.66 Å². The van der Waals surface area contributed by atoms with Gasteiger partial charge in [0.15, 0.2) is 0 Å². The molecule has 3 aromatic rings. The van der Waals surface area contributed by atoms with E-state index in [1.165, 1.54) is 21.6 Å². The van der Waals surface area contributed by atoms with E-state index < -0.39 is 7.29 Å². The molecule has 3 rings (SSSR count). The minimum absolute atomic E-state index is 0.217. The molecule has 0 aromatic heterocycles. The van der Waals surface area contributed by atoms with E-state index in [0.29, 0.717) is 6.04 Å². The Bertz CT molecular complexity index is 765. The van der Waals surface area contributed by atoms with Crippen molar-refractivity contribution in [1.82, 2.24) is 5.09 Å². The maximum absolute atomic E-state index is 4.00. The van der Waals surface area contributed by atoms with Crippen molar-refractivity contribution in [3.8, 4) is 0 Å². The molecule has 0 aliphatic rings. The van der Waals surface area contributed by atoms with Crippen molar-refractivity contribution >= 4 is 30.9 Å². The summed E-state index contributed by atoms with van der Waals surface area (Å²) in [5.74, 6) is 0. The van der Waals surface area contributed by atoms with E-state index in [2.05, 4.69) is 91.5 Å². The van der Waals surface area contributed by atoms with Crippen molar-refractivity contribution in [3.63, 3.8) is 0 Å². The Morgan fingerprint density at radius 2 is 1.50 bits per heavy atom. The van der Waals surface area contributed by atoms with Crippen LogP contribution >= 0.6 is 7.29 Å². The van der Waals surface area contributed by atoms with E-state index in [0.717, 1.165) is 0 Å². The van der Waals surface area contributed by atoms with Crippen LogP contribution in [0.3, 0.4) is 0 Å². The van der Waals surface area contributed by atoms with Crippen LogP contribution in [0.25, 0.3) is 10.8 Å². The predicted molar refractivity (Wildman–Crippen MR) is 104 cm³/mol. The lowest BCUT2D eigenvalue weighted by atomic mass is 10.0. The van der Waals surface area contributed by atoms with Crippen LogP contribution in [0, 0.1) is 0 Å². The average Bonchev–Trinajstić information content (AvgIpc) is 2.54. The summed E-state index contributed by atoms with van der Waals surface area (Å²) in [6, 6.07) is 26.8. The van der Waals surface area contributed by atoms with Gasteiger partial charge in [0.1, 0.15) is 7.57 Å². The largest absolute Gasteiger partial charge is 0.225 e. The lowest BCUT2D eigenvalue weighted by Gasteiger charge is -2.30. The number of rotatable bonds is 4. The molecule has 0 aliphatic carbocycles. The minimum atomic E-state index is -1.09. The van der Waals surface area contributed by atoms with Crippen LogP contribution < -0.4 is 10.4 Å². The van der Waals surface area contributed by atoms with Crippen molar-refractivity contribution in [2.24, 2.45) is 0 Å². The highest BCUT2D eigenvalue weighted by Crippen LogP contribution is 2.46. The van der Waals surface area contributed by atoms with Gasteiger partial charge < -0.3 is 0 Å². The first kappa shape index (κ1) is 15.3. The molecule has 0 aliphatic heterocycles. The van der Waals surface area contributed by atoms with Gasteiger partial charge in [-0.2, -0.15) is 0 Å². The quantitative estimate of drug-likeness (QED) is 0.573. The Labute approximate surface area is 134 Å². The molecule has 0 heterocycles. The third-order valence-corrected chi connectivity index (χ3v) is 5.67. The minimum Gasteiger partial charge on any atom is -0.225 e. The van der Waals surface area contributed by atoms with Crippen LogP contribution in [0.5, 0.6) is 0 Å². The van der Waals surface area contributed by atoms with Crippen molar-refractivity contribution in [3.05, 3.63) is 78.4 Å². The van der Waals surface area contributed by atoms with Crippen molar-refractivity contribution in [2.45, 2.75) is 13.0 Å². The maximum atomic E-state index is 4.00. The molecule has 0 radical (unpaired) electrons. The average molecular weight is 307 g/mol. The van der Waals surface area contributed by atoms with Gasteiger partial charge in [-0.15, -0.1) is 0 Å². The predicted octanol–water partition coefficient (Wildman–Crippen LogP) is 3.66. The Hall–Kier alpha value is -1.63. The van der Waals surface area contributed by atoms with Gasteiger partial charge in [-0.3, -0.25) is 0 Å². The number of fused-ring (bicyclic) bond motifs is 1. The Balaban J connectivity index is 1.92.